The number of nitrogens with zero attached hydrogens (tertiary/aromatic N) is 5. The van der Waals surface area contributed by atoms with Gasteiger partial charge in [-0.1, -0.05) is 24.3 Å². The molecule has 1 aromatic heterocycles. The Morgan fingerprint density at radius 1 is 1.05 bits per heavy atom. The summed E-state index contributed by atoms with van der Waals surface area (Å²) in [4.78, 5) is 29.7. The Bertz CT molecular complexity index is 1490. The molecule has 0 saturated carbocycles. The molecule has 9 nitrogen and oxygen atoms in total. The van der Waals surface area contributed by atoms with Crippen LogP contribution < -0.4 is 14.5 Å². The summed E-state index contributed by atoms with van der Waals surface area (Å²) in [6.45, 7) is 13.5. The van der Waals surface area contributed by atoms with Crippen molar-refractivity contribution in [3.63, 3.8) is 0 Å². The van der Waals surface area contributed by atoms with Gasteiger partial charge in [-0.25, -0.2) is 4.79 Å². The molecular weight excluding hydrogens is 542 g/mol. The van der Waals surface area contributed by atoms with Gasteiger partial charge in [0.15, 0.2) is 0 Å². The first-order valence-electron chi connectivity index (χ1n) is 15.7. The molecule has 9 heteroatoms. The second-order valence-electron chi connectivity index (χ2n) is 13.8. The minimum absolute atomic E-state index is 0.127. The number of piperidine rings is 1. The molecule has 6 rings (SSSR count). The van der Waals surface area contributed by atoms with E-state index in [1.807, 2.05) is 56.0 Å². The zero-order chi connectivity index (χ0) is 30.4. The highest BCUT2D eigenvalue weighted by Gasteiger charge is 2.45. The van der Waals surface area contributed by atoms with Crippen LogP contribution in [0.25, 0.3) is 10.8 Å². The van der Waals surface area contributed by atoms with E-state index >= 15 is 0 Å². The lowest BCUT2D eigenvalue weighted by atomic mass is 10.0. The van der Waals surface area contributed by atoms with E-state index in [9.17, 15) is 9.90 Å². The van der Waals surface area contributed by atoms with Crippen LogP contribution in [0.4, 0.5) is 16.3 Å². The fourth-order valence-corrected chi connectivity index (χ4v) is 6.86. The quantitative estimate of drug-likeness (QED) is 0.365. The number of benzene rings is 2. The lowest BCUT2D eigenvalue weighted by Gasteiger charge is -2.37. The molecule has 1 atom stereocenters. The van der Waals surface area contributed by atoms with Crippen LogP contribution in [0.5, 0.6) is 11.8 Å². The van der Waals surface area contributed by atoms with E-state index < -0.39 is 5.60 Å². The summed E-state index contributed by atoms with van der Waals surface area (Å²) in [6, 6.07) is 12.1. The number of amides is 1. The SMILES string of the molecule is CC(C)(C)OC(=O)N1[C@@H](COc2nc3c(c(N4CCCCC4)n2)CCN(c2cc(O)cc4ccccc24)C3)CCC1(C)C. The van der Waals surface area contributed by atoms with Crippen LogP contribution in [-0.2, 0) is 17.7 Å². The molecule has 3 aromatic rings. The normalized spacial score (nSPS) is 20.3. The zero-order valence-electron chi connectivity index (χ0n) is 26.2. The minimum atomic E-state index is -0.571. The number of hydrogen-bond acceptors (Lipinski definition) is 8. The summed E-state index contributed by atoms with van der Waals surface area (Å²) < 4.78 is 12.1. The first-order valence-corrected chi connectivity index (χ1v) is 15.7. The predicted octanol–water partition coefficient (Wildman–Crippen LogP) is 6.45. The molecule has 43 heavy (non-hydrogen) atoms. The highest BCUT2D eigenvalue weighted by Crippen LogP contribution is 2.38. The molecular formula is C34H45N5O4. The Morgan fingerprint density at radius 2 is 1.81 bits per heavy atom. The predicted molar refractivity (Wildman–Crippen MR) is 169 cm³/mol. The van der Waals surface area contributed by atoms with Gasteiger partial charge in [-0.3, -0.25) is 4.90 Å². The van der Waals surface area contributed by atoms with Gasteiger partial charge in [0, 0.05) is 47.9 Å². The Morgan fingerprint density at radius 3 is 2.58 bits per heavy atom. The Labute approximate surface area is 254 Å². The van der Waals surface area contributed by atoms with E-state index in [1.165, 1.54) is 12.0 Å². The van der Waals surface area contributed by atoms with Crippen LogP contribution in [0.3, 0.4) is 0 Å². The number of phenols is 1. The first-order chi connectivity index (χ1) is 20.5. The van der Waals surface area contributed by atoms with Crippen molar-refractivity contribution in [3.8, 4) is 11.8 Å². The number of hydrogen-bond donors (Lipinski definition) is 1. The molecule has 0 radical (unpaired) electrons. The number of anilines is 2. The monoisotopic (exact) mass is 587 g/mol. The van der Waals surface area contributed by atoms with Crippen LogP contribution >= 0.6 is 0 Å². The van der Waals surface area contributed by atoms with E-state index in [0.717, 1.165) is 79.7 Å². The fraction of sp³-hybridized carbons (Fsp3) is 0.559. The van der Waals surface area contributed by atoms with Crippen molar-refractivity contribution in [3.05, 3.63) is 47.7 Å². The second-order valence-corrected chi connectivity index (χ2v) is 13.8. The number of ether oxygens (including phenoxy) is 2. The van der Waals surface area contributed by atoms with Crippen molar-refractivity contribution in [1.29, 1.82) is 0 Å². The number of likely N-dealkylation sites (tertiary alicyclic amines) is 1. The summed E-state index contributed by atoms with van der Waals surface area (Å²) in [5, 5.41) is 12.6. The Hall–Kier alpha value is -3.75. The number of fused-ring (bicyclic) bond motifs is 2. The zero-order valence-corrected chi connectivity index (χ0v) is 26.2. The second kappa shape index (κ2) is 11.4. The van der Waals surface area contributed by atoms with Gasteiger partial charge in [-0.05, 0) is 84.6 Å². The van der Waals surface area contributed by atoms with E-state index in [2.05, 4.69) is 29.7 Å². The number of aromatic nitrogens is 2. The van der Waals surface area contributed by atoms with Crippen LogP contribution in [-0.4, -0.2) is 69.5 Å². The standard InChI is InChI=1S/C34H45N5O4/c1-33(2,3)43-32(41)39-24(13-15-34(39,4)5)22-42-31-35-28-21-38(29-20-25(40)19-23-11-7-8-12-26(23)29)18-14-27(28)30(36-31)37-16-9-6-10-17-37/h7-8,11-12,19-20,24,40H,6,9-10,13-18,21-22H2,1-5H3/t24-/m1/s1. The molecule has 230 valence electrons. The third-order valence-corrected chi connectivity index (χ3v) is 8.95. The summed E-state index contributed by atoms with van der Waals surface area (Å²) in [7, 11) is 0. The van der Waals surface area contributed by atoms with Crippen molar-refractivity contribution in [2.24, 2.45) is 0 Å². The van der Waals surface area contributed by atoms with Crippen LogP contribution in [0.2, 0.25) is 0 Å². The molecule has 2 aromatic carbocycles. The number of aromatic hydroxyl groups is 1. The highest BCUT2D eigenvalue weighted by atomic mass is 16.6. The number of carbonyl (C=O) groups is 1. The minimum Gasteiger partial charge on any atom is -0.508 e. The average molecular weight is 588 g/mol. The lowest BCUT2D eigenvalue weighted by Crippen LogP contribution is -2.50. The van der Waals surface area contributed by atoms with E-state index in [-0.39, 0.29) is 23.4 Å². The third-order valence-electron chi connectivity index (χ3n) is 8.95. The van der Waals surface area contributed by atoms with Crippen molar-refractivity contribution in [2.75, 3.05) is 36.0 Å². The van der Waals surface area contributed by atoms with Gasteiger partial charge in [-0.2, -0.15) is 9.97 Å². The highest BCUT2D eigenvalue weighted by molar-refractivity contribution is 5.95. The molecule has 4 heterocycles. The van der Waals surface area contributed by atoms with Gasteiger partial charge >= 0.3 is 12.1 Å². The molecule has 0 unspecified atom stereocenters. The molecule has 1 N–H and O–H groups in total. The average Bonchev–Trinajstić information content (AvgIpc) is 3.28. The summed E-state index contributed by atoms with van der Waals surface area (Å²) >= 11 is 0. The molecule has 2 fully saturated rings. The molecule has 0 aliphatic carbocycles. The maximum absolute atomic E-state index is 13.2. The molecule has 0 spiro atoms. The van der Waals surface area contributed by atoms with Crippen molar-refractivity contribution < 1.29 is 19.4 Å². The van der Waals surface area contributed by atoms with Crippen LogP contribution in [0.1, 0.15) is 78.0 Å². The number of rotatable bonds is 5. The van der Waals surface area contributed by atoms with E-state index in [4.69, 9.17) is 19.4 Å². The summed E-state index contributed by atoms with van der Waals surface area (Å²) in [5.41, 5.74) is 2.26. The van der Waals surface area contributed by atoms with E-state index in [0.29, 0.717) is 19.2 Å². The topological polar surface area (TPSA) is 91.3 Å². The van der Waals surface area contributed by atoms with Crippen LogP contribution in [0.15, 0.2) is 36.4 Å². The summed E-state index contributed by atoms with van der Waals surface area (Å²) in [5.74, 6) is 1.24. The van der Waals surface area contributed by atoms with Crippen molar-refractivity contribution in [1.82, 2.24) is 14.9 Å². The molecule has 0 bridgehead atoms. The van der Waals surface area contributed by atoms with Gasteiger partial charge < -0.3 is 24.4 Å². The maximum atomic E-state index is 13.2. The molecule has 3 aliphatic heterocycles. The molecule has 2 saturated heterocycles. The first kappa shape index (κ1) is 29.3. The summed E-state index contributed by atoms with van der Waals surface area (Å²) in [6.07, 6.45) is 5.75. The Kier molecular flexibility index (Phi) is 7.77. The molecule has 1 amide bonds. The van der Waals surface area contributed by atoms with Crippen molar-refractivity contribution >= 4 is 28.4 Å². The largest absolute Gasteiger partial charge is 0.508 e. The number of phenolic OH excluding ortho intramolecular Hbond substituents is 1. The van der Waals surface area contributed by atoms with E-state index in [1.54, 1.807) is 0 Å². The van der Waals surface area contributed by atoms with Gasteiger partial charge in [0.2, 0.25) is 0 Å². The van der Waals surface area contributed by atoms with Gasteiger partial charge in [-0.15, -0.1) is 0 Å². The number of carbonyl (C=O) groups excluding carboxylic acids is 1. The third kappa shape index (κ3) is 6.17. The van der Waals surface area contributed by atoms with Gasteiger partial charge in [0.25, 0.3) is 0 Å². The molecule has 3 aliphatic rings. The fourth-order valence-electron chi connectivity index (χ4n) is 6.86. The van der Waals surface area contributed by atoms with Gasteiger partial charge in [0.05, 0.1) is 18.3 Å². The lowest BCUT2D eigenvalue weighted by molar-refractivity contribution is -0.00143. The van der Waals surface area contributed by atoms with Crippen LogP contribution in [0, 0.1) is 0 Å². The van der Waals surface area contributed by atoms with Gasteiger partial charge in [0.1, 0.15) is 23.8 Å². The van der Waals surface area contributed by atoms with Crippen molar-refractivity contribution in [2.45, 2.75) is 96.9 Å². The Balaban J connectivity index is 1.29. The smallest absolute Gasteiger partial charge is 0.411 e. The maximum Gasteiger partial charge on any atom is 0.411 e.